The summed E-state index contributed by atoms with van der Waals surface area (Å²) in [6, 6.07) is 4.00. The monoisotopic (exact) mass is 286 g/mol. The summed E-state index contributed by atoms with van der Waals surface area (Å²) in [5, 5.41) is 13.5. The molecule has 1 rings (SSSR count). The van der Waals surface area contributed by atoms with Crippen molar-refractivity contribution in [2.45, 2.75) is 19.9 Å². The van der Waals surface area contributed by atoms with E-state index in [9.17, 15) is 14.9 Å². The van der Waals surface area contributed by atoms with E-state index in [1.807, 2.05) is 6.92 Å². The summed E-state index contributed by atoms with van der Waals surface area (Å²) >= 11 is 5.74. The predicted octanol–water partition coefficient (Wildman–Crippen LogP) is 2.40. The predicted molar refractivity (Wildman–Crippen MR) is 71.5 cm³/mol. The van der Waals surface area contributed by atoms with Crippen molar-refractivity contribution < 1.29 is 14.5 Å². The van der Waals surface area contributed by atoms with E-state index in [0.717, 1.165) is 0 Å². The summed E-state index contributed by atoms with van der Waals surface area (Å²) in [6.45, 7) is 4.48. The molecular formula is C12H15ClN2O4. The summed E-state index contributed by atoms with van der Waals surface area (Å²) in [5.41, 5.74) is -0.439. The van der Waals surface area contributed by atoms with E-state index in [4.69, 9.17) is 16.3 Å². The van der Waals surface area contributed by atoms with E-state index < -0.39 is 10.8 Å². The molecule has 0 bridgehead atoms. The van der Waals surface area contributed by atoms with Crippen molar-refractivity contribution in [3.8, 4) is 0 Å². The minimum atomic E-state index is -0.662. The van der Waals surface area contributed by atoms with Crippen molar-refractivity contribution in [1.29, 1.82) is 0 Å². The van der Waals surface area contributed by atoms with Gasteiger partial charge in [0.25, 0.3) is 5.91 Å². The van der Waals surface area contributed by atoms with Crippen LogP contribution in [0.25, 0.3) is 0 Å². The molecule has 1 aromatic rings. The van der Waals surface area contributed by atoms with Gasteiger partial charge in [0.1, 0.15) is 10.6 Å². The molecule has 104 valence electrons. The number of nitro groups is 1. The molecule has 19 heavy (non-hydrogen) atoms. The molecule has 0 aromatic heterocycles. The maximum absolute atomic E-state index is 12.0. The number of nitrogens with one attached hydrogen (secondary N) is 1. The number of benzene rings is 1. The van der Waals surface area contributed by atoms with Crippen LogP contribution in [0.4, 0.5) is 5.69 Å². The van der Waals surface area contributed by atoms with Gasteiger partial charge in [-0.1, -0.05) is 17.7 Å². The van der Waals surface area contributed by atoms with Crippen molar-refractivity contribution in [2.24, 2.45) is 0 Å². The number of nitro benzene ring substituents is 1. The maximum atomic E-state index is 12.0. The van der Waals surface area contributed by atoms with Crippen LogP contribution in [0.3, 0.4) is 0 Å². The van der Waals surface area contributed by atoms with E-state index in [2.05, 4.69) is 5.32 Å². The standard InChI is InChI=1S/C12H15ClN2O4/c1-3-19-7-8(2)14-12(16)9-5-4-6-10(13)11(9)15(17)18/h4-6,8H,3,7H2,1-2H3,(H,14,16). The van der Waals surface area contributed by atoms with Gasteiger partial charge in [-0.15, -0.1) is 0 Å². The number of rotatable bonds is 6. The largest absolute Gasteiger partial charge is 0.380 e. The number of hydrogen-bond donors (Lipinski definition) is 1. The Morgan fingerprint density at radius 1 is 1.58 bits per heavy atom. The Kier molecular flexibility index (Phi) is 5.72. The molecule has 1 unspecified atom stereocenters. The second kappa shape index (κ2) is 7.06. The highest BCUT2D eigenvalue weighted by atomic mass is 35.5. The highest BCUT2D eigenvalue weighted by Gasteiger charge is 2.24. The molecule has 1 atom stereocenters. The molecule has 6 nitrogen and oxygen atoms in total. The van der Waals surface area contributed by atoms with Crippen LogP contribution < -0.4 is 5.32 Å². The molecule has 1 aromatic carbocycles. The van der Waals surface area contributed by atoms with Crippen LogP contribution in [-0.2, 0) is 4.74 Å². The molecule has 0 aliphatic rings. The Bertz CT molecular complexity index is 479. The van der Waals surface area contributed by atoms with Crippen molar-refractivity contribution >= 4 is 23.2 Å². The van der Waals surface area contributed by atoms with Crippen LogP contribution in [0.15, 0.2) is 18.2 Å². The molecule has 0 aliphatic heterocycles. The molecule has 0 spiro atoms. The first-order valence-corrected chi connectivity index (χ1v) is 6.16. The smallest absolute Gasteiger partial charge is 0.300 e. The second-order valence-corrected chi connectivity index (χ2v) is 4.33. The first-order valence-electron chi connectivity index (χ1n) is 5.78. The van der Waals surface area contributed by atoms with E-state index >= 15 is 0 Å². The Labute approximate surface area is 115 Å². The summed E-state index contributed by atoms with van der Waals surface area (Å²) < 4.78 is 5.16. The molecule has 1 N–H and O–H groups in total. The van der Waals surface area contributed by atoms with Crippen molar-refractivity contribution in [1.82, 2.24) is 5.32 Å². The Hall–Kier alpha value is -1.66. The third-order valence-electron chi connectivity index (χ3n) is 2.36. The highest BCUT2D eigenvalue weighted by molar-refractivity contribution is 6.33. The van der Waals surface area contributed by atoms with Crippen LogP contribution in [0.1, 0.15) is 24.2 Å². The van der Waals surface area contributed by atoms with Crippen LogP contribution >= 0.6 is 11.6 Å². The van der Waals surface area contributed by atoms with Crippen LogP contribution in [0.2, 0.25) is 5.02 Å². The van der Waals surface area contributed by atoms with Crippen LogP contribution in [0, 0.1) is 10.1 Å². The molecule has 0 fully saturated rings. The molecular weight excluding hydrogens is 272 g/mol. The number of amides is 1. The van der Waals surface area contributed by atoms with Crippen molar-refractivity contribution in [2.75, 3.05) is 13.2 Å². The molecule has 0 saturated heterocycles. The average Bonchev–Trinajstić information content (AvgIpc) is 2.35. The number of nitrogens with zero attached hydrogens (tertiary/aromatic N) is 1. The zero-order chi connectivity index (χ0) is 14.4. The van der Waals surface area contributed by atoms with Gasteiger partial charge in [0.15, 0.2) is 0 Å². The number of ether oxygens (including phenoxy) is 1. The van der Waals surface area contributed by atoms with E-state index in [1.165, 1.54) is 18.2 Å². The fourth-order valence-corrected chi connectivity index (χ4v) is 1.77. The quantitative estimate of drug-likeness (QED) is 0.643. The second-order valence-electron chi connectivity index (χ2n) is 3.93. The molecule has 7 heteroatoms. The number of halogens is 1. The van der Waals surface area contributed by atoms with Crippen LogP contribution in [-0.4, -0.2) is 30.1 Å². The Morgan fingerprint density at radius 2 is 2.26 bits per heavy atom. The van der Waals surface area contributed by atoms with E-state index in [-0.39, 0.29) is 22.3 Å². The molecule has 0 aliphatic carbocycles. The van der Waals surface area contributed by atoms with Gasteiger partial charge in [0.2, 0.25) is 0 Å². The zero-order valence-electron chi connectivity index (χ0n) is 10.7. The lowest BCUT2D eigenvalue weighted by atomic mass is 10.1. The summed E-state index contributed by atoms with van der Waals surface area (Å²) in [7, 11) is 0. The van der Waals surface area contributed by atoms with E-state index in [1.54, 1.807) is 6.92 Å². The van der Waals surface area contributed by atoms with Gasteiger partial charge in [0, 0.05) is 12.6 Å². The minimum Gasteiger partial charge on any atom is -0.380 e. The van der Waals surface area contributed by atoms with Crippen LogP contribution in [0.5, 0.6) is 0 Å². The lowest BCUT2D eigenvalue weighted by Crippen LogP contribution is -2.36. The van der Waals surface area contributed by atoms with Crippen molar-refractivity contribution in [3.05, 3.63) is 38.9 Å². The maximum Gasteiger partial charge on any atom is 0.300 e. The fraction of sp³-hybridized carbons (Fsp3) is 0.417. The summed E-state index contributed by atoms with van der Waals surface area (Å²) in [4.78, 5) is 22.2. The van der Waals surface area contributed by atoms with Gasteiger partial charge < -0.3 is 10.1 Å². The number of hydrogen-bond acceptors (Lipinski definition) is 4. The third-order valence-corrected chi connectivity index (χ3v) is 2.67. The van der Waals surface area contributed by atoms with Gasteiger partial charge in [-0.3, -0.25) is 14.9 Å². The topological polar surface area (TPSA) is 81.5 Å². The SMILES string of the molecule is CCOCC(C)NC(=O)c1cccc(Cl)c1[N+](=O)[O-]. The lowest BCUT2D eigenvalue weighted by molar-refractivity contribution is -0.385. The summed E-state index contributed by atoms with van der Waals surface area (Å²) in [6.07, 6.45) is 0. The lowest BCUT2D eigenvalue weighted by Gasteiger charge is -2.13. The van der Waals surface area contributed by atoms with E-state index in [0.29, 0.717) is 13.2 Å². The zero-order valence-corrected chi connectivity index (χ0v) is 11.4. The molecule has 1 amide bonds. The number of para-hydroxylation sites is 1. The number of carbonyl (C=O) groups excluding carboxylic acids is 1. The molecule has 0 radical (unpaired) electrons. The van der Waals surface area contributed by atoms with Gasteiger partial charge >= 0.3 is 5.69 Å². The Morgan fingerprint density at radius 3 is 2.84 bits per heavy atom. The van der Waals surface area contributed by atoms with Crippen molar-refractivity contribution in [3.63, 3.8) is 0 Å². The van der Waals surface area contributed by atoms with Gasteiger partial charge in [0.05, 0.1) is 11.5 Å². The molecule has 0 saturated carbocycles. The third kappa shape index (κ3) is 4.18. The normalized spacial score (nSPS) is 11.9. The van der Waals surface area contributed by atoms with Gasteiger partial charge in [-0.05, 0) is 26.0 Å². The number of carbonyl (C=O) groups is 1. The van der Waals surface area contributed by atoms with Gasteiger partial charge in [-0.25, -0.2) is 0 Å². The fourth-order valence-electron chi connectivity index (χ4n) is 1.52. The summed E-state index contributed by atoms with van der Waals surface area (Å²) in [5.74, 6) is -0.540. The Balaban J connectivity index is 2.88. The highest BCUT2D eigenvalue weighted by Crippen LogP contribution is 2.28. The minimum absolute atomic E-state index is 0.0548. The molecule has 0 heterocycles. The first-order chi connectivity index (χ1) is 8.97. The average molecular weight is 287 g/mol. The first kappa shape index (κ1) is 15.4. The van der Waals surface area contributed by atoms with Gasteiger partial charge in [-0.2, -0.15) is 0 Å².